The van der Waals surface area contributed by atoms with Crippen molar-refractivity contribution in [3.8, 4) is 5.88 Å². The van der Waals surface area contributed by atoms with Gasteiger partial charge in [-0.25, -0.2) is 9.78 Å². The monoisotopic (exact) mass is 263 g/mol. The first-order valence-corrected chi connectivity index (χ1v) is 7.00. The Morgan fingerprint density at radius 1 is 1.37 bits per heavy atom. The standard InChI is InChI=1S/C15H21NO3/c1-3-18-15(17)12-8-9-14(16-10-12)19-13-7-5-4-6-11(13)2/h8-11,13H,3-7H2,1-2H3. The number of rotatable bonds is 4. The van der Waals surface area contributed by atoms with Gasteiger partial charge in [-0.3, -0.25) is 0 Å². The van der Waals surface area contributed by atoms with Gasteiger partial charge in [0.15, 0.2) is 0 Å². The van der Waals surface area contributed by atoms with Crippen molar-refractivity contribution >= 4 is 5.97 Å². The molecule has 4 nitrogen and oxygen atoms in total. The summed E-state index contributed by atoms with van der Waals surface area (Å²) in [6, 6.07) is 3.45. The highest BCUT2D eigenvalue weighted by Gasteiger charge is 2.23. The van der Waals surface area contributed by atoms with E-state index in [1.807, 2.05) is 0 Å². The van der Waals surface area contributed by atoms with Crippen LogP contribution in [0.2, 0.25) is 0 Å². The van der Waals surface area contributed by atoms with Crippen LogP contribution in [0.1, 0.15) is 49.9 Å². The molecule has 0 saturated heterocycles. The highest BCUT2D eigenvalue weighted by atomic mass is 16.5. The second-order valence-electron chi connectivity index (χ2n) is 5.02. The number of hydrogen-bond acceptors (Lipinski definition) is 4. The minimum Gasteiger partial charge on any atom is -0.474 e. The molecule has 0 aliphatic heterocycles. The molecule has 1 fully saturated rings. The van der Waals surface area contributed by atoms with E-state index >= 15 is 0 Å². The van der Waals surface area contributed by atoms with Gasteiger partial charge in [-0.1, -0.05) is 13.3 Å². The summed E-state index contributed by atoms with van der Waals surface area (Å²) in [4.78, 5) is 15.7. The van der Waals surface area contributed by atoms with E-state index in [0.29, 0.717) is 24.0 Å². The fraction of sp³-hybridized carbons (Fsp3) is 0.600. The van der Waals surface area contributed by atoms with E-state index in [1.54, 1.807) is 19.1 Å². The number of aromatic nitrogens is 1. The Morgan fingerprint density at radius 3 is 2.79 bits per heavy atom. The average Bonchev–Trinajstić information content (AvgIpc) is 2.42. The van der Waals surface area contributed by atoms with Crippen LogP contribution in [0.25, 0.3) is 0 Å². The molecule has 1 aliphatic carbocycles. The van der Waals surface area contributed by atoms with Gasteiger partial charge in [0.25, 0.3) is 0 Å². The Balaban J connectivity index is 1.96. The third kappa shape index (κ3) is 3.69. The Hall–Kier alpha value is -1.58. The topological polar surface area (TPSA) is 48.4 Å². The third-order valence-electron chi connectivity index (χ3n) is 3.55. The molecule has 0 N–H and O–H groups in total. The molecule has 1 saturated carbocycles. The zero-order valence-electron chi connectivity index (χ0n) is 11.6. The van der Waals surface area contributed by atoms with E-state index in [2.05, 4.69) is 11.9 Å². The quantitative estimate of drug-likeness (QED) is 0.783. The first kappa shape index (κ1) is 13.8. The molecule has 2 unspecified atom stereocenters. The van der Waals surface area contributed by atoms with Crippen molar-refractivity contribution in [3.63, 3.8) is 0 Å². The molecule has 0 spiro atoms. The Morgan fingerprint density at radius 2 is 2.16 bits per heavy atom. The van der Waals surface area contributed by atoms with Gasteiger partial charge >= 0.3 is 5.97 Å². The maximum absolute atomic E-state index is 11.5. The van der Waals surface area contributed by atoms with Crippen LogP contribution in [0, 0.1) is 5.92 Å². The van der Waals surface area contributed by atoms with Crippen LogP contribution in [-0.2, 0) is 4.74 Å². The molecule has 1 aromatic rings. The van der Waals surface area contributed by atoms with Gasteiger partial charge in [-0.05, 0) is 38.2 Å². The number of esters is 1. The molecule has 1 aliphatic rings. The fourth-order valence-electron chi connectivity index (χ4n) is 2.40. The maximum atomic E-state index is 11.5. The number of carbonyl (C=O) groups is 1. The molecule has 0 bridgehead atoms. The minimum atomic E-state index is -0.340. The molecule has 0 aromatic carbocycles. The molecular formula is C15H21NO3. The van der Waals surface area contributed by atoms with Crippen molar-refractivity contribution in [3.05, 3.63) is 23.9 Å². The van der Waals surface area contributed by atoms with Crippen molar-refractivity contribution in [2.24, 2.45) is 5.92 Å². The van der Waals surface area contributed by atoms with Crippen molar-refractivity contribution in [1.29, 1.82) is 0 Å². The zero-order chi connectivity index (χ0) is 13.7. The summed E-state index contributed by atoms with van der Waals surface area (Å²) in [7, 11) is 0. The lowest BCUT2D eigenvalue weighted by Crippen LogP contribution is -2.28. The Kier molecular flexibility index (Phi) is 4.77. The van der Waals surface area contributed by atoms with Gasteiger partial charge in [-0.15, -0.1) is 0 Å². The van der Waals surface area contributed by atoms with Crippen LogP contribution in [0.3, 0.4) is 0 Å². The van der Waals surface area contributed by atoms with Gasteiger partial charge in [0.1, 0.15) is 6.10 Å². The maximum Gasteiger partial charge on any atom is 0.339 e. The lowest BCUT2D eigenvalue weighted by Gasteiger charge is -2.28. The van der Waals surface area contributed by atoms with Crippen LogP contribution in [0.15, 0.2) is 18.3 Å². The van der Waals surface area contributed by atoms with Crippen LogP contribution in [0.4, 0.5) is 0 Å². The van der Waals surface area contributed by atoms with Gasteiger partial charge < -0.3 is 9.47 Å². The third-order valence-corrected chi connectivity index (χ3v) is 3.55. The SMILES string of the molecule is CCOC(=O)c1ccc(OC2CCCCC2C)nc1. The van der Waals surface area contributed by atoms with E-state index in [-0.39, 0.29) is 12.1 Å². The highest BCUT2D eigenvalue weighted by molar-refractivity contribution is 5.89. The van der Waals surface area contributed by atoms with Crippen LogP contribution >= 0.6 is 0 Å². The summed E-state index contributed by atoms with van der Waals surface area (Å²) < 4.78 is 10.8. The normalized spacial score (nSPS) is 22.8. The first-order valence-electron chi connectivity index (χ1n) is 7.00. The molecule has 2 rings (SSSR count). The van der Waals surface area contributed by atoms with Crippen LogP contribution in [0.5, 0.6) is 5.88 Å². The molecule has 1 aromatic heterocycles. The molecule has 4 heteroatoms. The molecular weight excluding hydrogens is 242 g/mol. The van der Waals surface area contributed by atoms with Gasteiger partial charge in [-0.2, -0.15) is 0 Å². The summed E-state index contributed by atoms with van der Waals surface area (Å²) in [6.45, 7) is 4.38. The van der Waals surface area contributed by atoms with Crippen molar-refractivity contribution in [2.75, 3.05) is 6.61 Å². The Bertz CT molecular complexity index is 416. The number of hydrogen-bond donors (Lipinski definition) is 0. The van der Waals surface area contributed by atoms with E-state index < -0.39 is 0 Å². The first-order chi connectivity index (χ1) is 9.20. The zero-order valence-corrected chi connectivity index (χ0v) is 11.6. The lowest BCUT2D eigenvalue weighted by molar-refractivity contribution is 0.0525. The highest BCUT2D eigenvalue weighted by Crippen LogP contribution is 2.27. The van der Waals surface area contributed by atoms with Gasteiger partial charge in [0, 0.05) is 12.3 Å². The summed E-state index contributed by atoms with van der Waals surface area (Å²) in [5, 5.41) is 0. The summed E-state index contributed by atoms with van der Waals surface area (Å²) in [5.74, 6) is 0.819. The van der Waals surface area contributed by atoms with E-state index in [9.17, 15) is 4.79 Å². The lowest BCUT2D eigenvalue weighted by atomic mass is 9.88. The number of nitrogens with zero attached hydrogens (tertiary/aromatic N) is 1. The molecule has 104 valence electrons. The summed E-state index contributed by atoms with van der Waals surface area (Å²) >= 11 is 0. The minimum absolute atomic E-state index is 0.245. The predicted octanol–water partition coefficient (Wildman–Crippen LogP) is 3.22. The Labute approximate surface area is 114 Å². The van der Waals surface area contributed by atoms with Crippen molar-refractivity contribution in [2.45, 2.75) is 45.6 Å². The average molecular weight is 263 g/mol. The van der Waals surface area contributed by atoms with E-state index in [0.717, 1.165) is 6.42 Å². The summed E-state index contributed by atoms with van der Waals surface area (Å²) in [6.07, 6.45) is 6.57. The molecule has 2 atom stereocenters. The fourth-order valence-corrected chi connectivity index (χ4v) is 2.40. The molecule has 0 radical (unpaired) electrons. The second-order valence-corrected chi connectivity index (χ2v) is 5.02. The summed E-state index contributed by atoms with van der Waals surface area (Å²) in [5.41, 5.74) is 0.464. The largest absolute Gasteiger partial charge is 0.474 e. The number of pyridine rings is 1. The van der Waals surface area contributed by atoms with Crippen molar-refractivity contribution < 1.29 is 14.3 Å². The molecule has 1 heterocycles. The molecule has 19 heavy (non-hydrogen) atoms. The van der Waals surface area contributed by atoms with Crippen LogP contribution < -0.4 is 4.74 Å². The van der Waals surface area contributed by atoms with Gasteiger partial charge in [0.05, 0.1) is 12.2 Å². The number of ether oxygens (including phenoxy) is 2. The van der Waals surface area contributed by atoms with E-state index in [1.165, 1.54) is 25.5 Å². The predicted molar refractivity (Wildman–Crippen MR) is 72.2 cm³/mol. The van der Waals surface area contributed by atoms with Gasteiger partial charge in [0.2, 0.25) is 5.88 Å². The second kappa shape index (κ2) is 6.55. The van der Waals surface area contributed by atoms with E-state index in [4.69, 9.17) is 9.47 Å². The number of carbonyl (C=O) groups excluding carboxylic acids is 1. The van der Waals surface area contributed by atoms with Crippen molar-refractivity contribution in [1.82, 2.24) is 4.98 Å². The molecule has 0 amide bonds. The van der Waals surface area contributed by atoms with Crippen LogP contribution in [-0.4, -0.2) is 23.7 Å². The smallest absolute Gasteiger partial charge is 0.339 e.